The fourth-order valence-corrected chi connectivity index (χ4v) is 3.23. The lowest BCUT2D eigenvalue weighted by Gasteiger charge is -2.20. The van der Waals surface area contributed by atoms with Crippen molar-refractivity contribution in [3.63, 3.8) is 0 Å². The normalized spacial score (nSPS) is 24.7. The van der Waals surface area contributed by atoms with Crippen LogP contribution in [0.5, 0.6) is 0 Å². The fraction of sp³-hybridized carbons (Fsp3) is 0.714. The van der Waals surface area contributed by atoms with Crippen LogP contribution in [0.1, 0.15) is 72.2 Å². The van der Waals surface area contributed by atoms with Crippen molar-refractivity contribution in [3.8, 4) is 0 Å². The SMILES string of the molecule is O=C(O)c1c(C2CCCOC2)noc1C1CCCC1. The van der Waals surface area contributed by atoms with Gasteiger partial charge in [-0.2, -0.15) is 0 Å². The topological polar surface area (TPSA) is 72.6 Å². The zero-order valence-electron chi connectivity index (χ0n) is 10.9. The van der Waals surface area contributed by atoms with E-state index in [0.717, 1.165) is 45.1 Å². The molecule has 0 amide bonds. The molecule has 104 valence electrons. The molecule has 1 aromatic rings. The maximum Gasteiger partial charge on any atom is 0.341 e. The molecular weight excluding hydrogens is 246 g/mol. The largest absolute Gasteiger partial charge is 0.477 e. The van der Waals surface area contributed by atoms with Gasteiger partial charge in [0.1, 0.15) is 11.3 Å². The third-order valence-corrected chi connectivity index (χ3v) is 4.23. The number of ether oxygens (including phenoxy) is 1. The first-order chi connectivity index (χ1) is 9.27. The van der Waals surface area contributed by atoms with Crippen molar-refractivity contribution in [3.05, 3.63) is 17.0 Å². The lowest BCUT2D eigenvalue weighted by Crippen LogP contribution is -2.18. The van der Waals surface area contributed by atoms with E-state index in [1.54, 1.807) is 0 Å². The third-order valence-electron chi connectivity index (χ3n) is 4.23. The van der Waals surface area contributed by atoms with Crippen LogP contribution in [0, 0.1) is 0 Å². The average Bonchev–Trinajstić information content (AvgIpc) is 3.08. The molecule has 19 heavy (non-hydrogen) atoms. The Hall–Kier alpha value is -1.36. The van der Waals surface area contributed by atoms with E-state index in [9.17, 15) is 9.90 Å². The number of hydrogen-bond donors (Lipinski definition) is 1. The van der Waals surface area contributed by atoms with Crippen LogP contribution in [0.3, 0.4) is 0 Å². The first kappa shape index (κ1) is 12.7. The summed E-state index contributed by atoms with van der Waals surface area (Å²) in [6.07, 6.45) is 6.19. The Morgan fingerprint density at radius 1 is 1.16 bits per heavy atom. The monoisotopic (exact) mass is 265 g/mol. The number of carboxylic acid groups (broad SMARTS) is 1. The van der Waals surface area contributed by atoms with Gasteiger partial charge in [-0.05, 0) is 25.7 Å². The summed E-state index contributed by atoms with van der Waals surface area (Å²) in [6.45, 7) is 1.31. The van der Waals surface area contributed by atoms with Crippen LogP contribution in [0.2, 0.25) is 0 Å². The molecule has 1 N–H and O–H groups in total. The van der Waals surface area contributed by atoms with Crippen LogP contribution in [0.15, 0.2) is 4.52 Å². The summed E-state index contributed by atoms with van der Waals surface area (Å²) in [5, 5.41) is 13.6. The average molecular weight is 265 g/mol. The summed E-state index contributed by atoms with van der Waals surface area (Å²) in [6, 6.07) is 0. The molecule has 0 spiro atoms. The number of carbonyl (C=O) groups is 1. The van der Waals surface area contributed by atoms with E-state index in [1.807, 2.05) is 0 Å². The Kier molecular flexibility index (Phi) is 3.55. The van der Waals surface area contributed by atoms with Crippen molar-refractivity contribution in [2.24, 2.45) is 0 Å². The molecule has 2 fully saturated rings. The molecule has 1 aliphatic heterocycles. The number of nitrogens with zero attached hydrogens (tertiary/aromatic N) is 1. The molecule has 1 saturated carbocycles. The Morgan fingerprint density at radius 3 is 2.53 bits per heavy atom. The second-order valence-electron chi connectivity index (χ2n) is 5.51. The third kappa shape index (κ3) is 2.39. The molecule has 1 atom stereocenters. The molecule has 3 rings (SSSR count). The van der Waals surface area contributed by atoms with Crippen LogP contribution in [0.25, 0.3) is 0 Å². The molecule has 1 aliphatic carbocycles. The van der Waals surface area contributed by atoms with Crippen LogP contribution >= 0.6 is 0 Å². The van der Waals surface area contributed by atoms with E-state index in [0.29, 0.717) is 23.6 Å². The van der Waals surface area contributed by atoms with E-state index in [2.05, 4.69) is 5.16 Å². The lowest BCUT2D eigenvalue weighted by molar-refractivity contribution is 0.0677. The van der Waals surface area contributed by atoms with E-state index >= 15 is 0 Å². The minimum atomic E-state index is -0.913. The fourth-order valence-electron chi connectivity index (χ4n) is 3.23. The van der Waals surface area contributed by atoms with Gasteiger partial charge in [-0.1, -0.05) is 18.0 Å². The van der Waals surface area contributed by atoms with Crippen molar-refractivity contribution >= 4 is 5.97 Å². The second-order valence-corrected chi connectivity index (χ2v) is 5.51. The summed E-state index contributed by atoms with van der Waals surface area (Å²) >= 11 is 0. The highest BCUT2D eigenvalue weighted by Gasteiger charge is 2.33. The zero-order valence-corrected chi connectivity index (χ0v) is 10.9. The summed E-state index contributed by atoms with van der Waals surface area (Å²) in [4.78, 5) is 11.6. The van der Waals surface area contributed by atoms with Crippen molar-refractivity contribution < 1.29 is 19.2 Å². The Morgan fingerprint density at radius 2 is 1.89 bits per heavy atom. The number of rotatable bonds is 3. The molecule has 5 nitrogen and oxygen atoms in total. The van der Waals surface area contributed by atoms with Crippen molar-refractivity contribution in [1.29, 1.82) is 0 Å². The predicted octanol–water partition coefficient (Wildman–Crippen LogP) is 2.92. The van der Waals surface area contributed by atoms with Crippen LogP contribution in [0.4, 0.5) is 0 Å². The van der Waals surface area contributed by atoms with Crippen molar-refractivity contribution in [2.75, 3.05) is 13.2 Å². The summed E-state index contributed by atoms with van der Waals surface area (Å²) in [5.41, 5.74) is 0.900. The highest BCUT2D eigenvalue weighted by molar-refractivity contribution is 5.90. The molecule has 5 heteroatoms. The van der Waals surface area contributed by atoms with Crippen LogP contribution in [-0.2, 0) is 4.74 Å². The standard InChI is InChI=1S/C14H19NO4/c16-14(17)11-12(10-6-3-7-18-8-10)15-19-13(11)9-4-1-2-5-9/h9-10H,1-8H2,(H,16,17). The van der Waals surface area contributed by atoms with Gasteiger partial charge in [0.2, 0.25) is 0 Å². The van der Waals surface area contributed by atoms with E-state index in [1.165, 1.54) is 0 Å². The van der Waals surface area contributed by atoms with Gasteiger partial charge < -0.3 is 14.4 Å². The highest BCUT2D eigenvalue weighted by atomic mass is 16.5. The molecule has 2 heterocycles. The first-order valence-corrected chi connectivity index (χ1v) is 7.08. The van der Waals surface area contributed by atoms with Gasteiger partial charge in [0.25, 0.3) is 0 Å². The predicted molar refractivity (Wildman–Crippen MR) is 67.5 cm³/mol. The van der Waals surface area contributed by atoms with Gasteiger partial charge in [0, 0.05) is 18.4 Å². The highest BCUT2D eigenvalue weighted by Crippen LogP contribution is 2.39. The number of carboxylic acids is 1. The molecule has 0 bridgehead atoms. The Balaban J connectivity index is 1.93. The first-order valence-electron chi connectivity index (χ1n) is 7.08. The number of aromatic nitrogens is 1. The molecule has 0 radical (unpaired) electrons. The molecule has 1 aromatic heterocycles. The van der Waals surface area contributed by atoms with Gasteiger partial charge in [-0.15, -0.1) is 0 Å². The zero-order chi connectivity index (χ0) is 13.2. The summed E-state index contributed by atoms with van der Waals surface area (Å²) in [5.74, 6) is -0.0232. The smallest absolute Gasteiger partial charge is 0.341 e. The molecule has 1 unspecified atom stereocenters. The second kappa shape index (κ2) is 5.33. The summed E-state index contributed by atoms with van der Waals surface area (Å²) in [7, 11) is 0. The summed E-state index contributed by atoms with van der Waals surface area (Å²) < 4.78 is 10.8. The molecule has 2 aliphatic rings. The van der Waals surface area contributed by atoms with Gasteiger partial charge in [0.05, 0.1) is 6.61 Å². The molecule has 0 aromatic carbocycles. The van der Waals surface area contributed by atoms with E-state index in [4.69, 9.17) is 9.26 Å². The van der Waals surface area contributed by atoms with Gasteiger partial charge in [-0.3, -0.25) is 0 Å². The minimum Gasteiger partial charge on any atom is -0.477 e. The maximum absolute atomic E-state index is 11.6. The Bertz CT molecular complexity index is 456. The number of hydrogen-bond acceptors (Lipinski definition) is 4. The van der Waals surface area contributed by atoms with Crippen molar-refractivity contribution in [1.82, 2.24) is 5.16 Å². The van der Waals surface area contributed by atoms with Crippen LogP contribution in [-0.4, -0.2) is 29.4 Å². The minimum absolute atomic E-state index is 0.0683. The van der Waals surface area contributed by atoms with E-state index in [-0.39, 0.29) is 11.8 Å². The number of aromatic carboxylic acids is 1. The van der Waals surface area contributed by atoms with Crippen LogP contribution < -0.4 is 0 Å². The van der Waals surface area contributed by atoms with Gasteiger partial charge in [-0.25, -0.2) is 4.79 Å². The lowest BCUT2D eigenvalue weighted by atomic mass is 9.92. The van der Waals surface area contributed by atoms with Gasteiger partial charge in [0.15, 0.2) is 5.76 Å². The Labute approximate surface area is 111 Å². The molecular formula is C14H19NO4. The van der Waals surface area contributed by atoms with E-state index < -0.39 is 5.97 Å². The van der Waals surface area contributed by atoms with Gasteiger partial charge >= 0.3 is 5.97 Å². The maximum atomic E-state index is 11.6. The quantitative estimate of drug-likeness (QED) is 0.909. The van der Waals surface area contributed by atoms with Crippen molar-refractivity contribution in [2.45, 2.75) is 50.4 Å². The molecule has 1 saturated heterocycles.